The van der Waals surface area contributed by atoms with Gasteiger partial charge in [-0.2, -0.15) is 0 Å². The molecule has 10 nitrogen and oxygen atoms in total. The van der Waals surface area contributed by atoms with Gasteiger partial charge in [-0.1, -0.05) is 6.92 Å². The number of aromatic amines is 1. The number of nitrogens with zero attached hydrogens (tertiary/aromatic N) is 2. The third-order valence-electron chi connectivity index (χ3n) is 5.41. The Labute approximate surface area is 190 Å². The third-order valence-corrected chi connectivity index (χ3v) is 6.91. The molecule has 3 N–H and O–H groups in total. The zero-order valence-electron chi connectivity index (χ0n) is 18.3. The fourth-order valence-corrected chi connectivity index (χ4v) is 4.81. The van der Waals surface area contributed by atoms with E-state index in [9.17, 15) is 22.8 Å². The molecular formula is C22H25N5O5S. The second-order valence-corrected chi connectivity index (χ2v) is 9.87. The largest absolute Gasteiger partial charge is 0.329 e. The van der Waals surface area contributed by atoms with Crippen LogP contribution >= 0.6 is 0 Å². The summed E-state index contributed by atoms with van der Waals surface area (Å²) in [5.74, 6) is -0.298. The Kier molecular flexibility index (Phi) is 6.07. The van der Waals surface area contributed by atoms with Crippen LogP contribution in [0.5, 0.6) is 0 Å². The summed E-state index contributed by atoms with van der Waals surface area (Å²) in [5.41, 5.74) is 0.593. The van der Waals surface area contributed by atoms with Crippen LogP contribution in [0.25, 0.3) is 11.0 Å². The van der Waals surface area contributed by atoms with Crippen LogP contribution in [0.4, 0.5) is 11.4 Å². The Morgan fingerprint density at radius 1 is 1.15 bits per heavy atom. The number of carbonyl (C=O) groups excluding carboxylic acids is 1. The molecule has 0 aliphatic heterocycles. The van der Waals surface area contributed by atoms with Gasteiger partial charge in [0.25, 0.3) is 11.5 Å². The molecule has 174 valence electrons. The van der Waals surface area contributed by atoms with Gasteiger partial charge in [-0.25, -0.2) is 18.2 Å². The Bertz CT molecular complexity index is 1440. The molecule has 1 aliphatic carbocycles. The molecule has 0 spiro atoms. The molecule has 2 aromatic heterocycles. The molecular weight excluding hydrogens is 446 g/mol. The van der Waals surface area contributed by atoms with E-state index in [1.165, 1.54) is 4.57 Å². The second-order valence-electron chi connectivity index (χ2n) is 8.02. The zero-order valence-corrected chi connectivity index (χ0v) is 19.2. The van der Waals surface area contributed by atoms with Gasteiger partial charge in [0, 0.05) is 29.5 Å². The third kappa shape index (κ3) is 4.82. The number of hydrogen-bond donors (Lipinski definition) is 3. The lowest BCUT2D eigenvalue weighted by Crippen LogP contribution is -2.32. The van der Waals surface area contributed by atoms with Gasteiger partial charge in [0.1, 0.15) is 0 Å². The molecule has 0 bridgehead atoms. The minimum Gasteiger partial charge on any atom is -0.322 e. The van der Waals surface area contributed by atoms with Gasteiger partial charge in [0.2, 0.25) is 10.0 Å². The summed E-state index contributed by atoms with van der Waals surface area (Å²) in [5, 5.41) is 2.81. The van der Waals surface area contributed by atoms with E-state index >= 15 is 0 Å². The van der Waals surface area contributed by atoms with E-state index in [0.29, 0.717) is 30.0 Å². The molecule has 33 heavy (non-hydrogen) atoms. The van der Waals surface area contributed by atoms with Crippen molar-refractivity contribution in [1.82, 2.24) is 14.5 Å². The van der Waals surface area contributed by atoms with Crippen LogP contribution in [-0.2, 0) is 16.6 Å². The van der Waals surface area contributed by atoms with Crippen molar-refractivity contribution in [2.45, 2.75) is 45.6 Å². The van der Waals surface area contributed by atoms with Gasteiger partial charge < -0.3 is 5.32 Å². The molecule has 0 atom stereocenters. The number of pyridine rings is 1. The average molecular weight is 472 g/mol. The van der Waals surface area contributed by atoms with Crippen LogP contribution in [0, 0.1) is 0 Å². The number of H-pyrrole nitrogens is 1. The highest BCUT2D eigenvalue weighted by Crippen LogP contribution is 2.40. The lowest BCUT2D eigenvalue weighted by molar-refractivity contribution is 0.102. The van der Waals surface area contributed by atoms with E-state index in [2.05, 4.69) is 20.0 Å². The summed E-state index contributed by atoms with van der Waals surface area (Å²) >= 11 is 0. The lowest BCUT2D eigenvalue weighted by Gasteiger charge is -2.13. The van der Waals surface area contributed by atoms with Crippen LogP contribution < -0.4 is 21.3 Å². The fraction of sp³-hybridized carbons (Fsp3) is 0.364. The lowest BCUT2D eigenvalue weighted by atomic mass is 10.1. The number of amides is 1. The van der Waals surface area contributed by atoms with Crippen molar-refractivity contribution in [3.8, 4) is 0 Å². The Morgan fingerprint density at radius 2 is 1.82 bits per heavy atom. The SMILES string of the molecule is CCCS(=O)(=O)Nc1ccc(NC(=O)c2cc(C3CC3)nc3c2c(=O)[nH]c(=O)n3CC)cc1. The molecule has 0 saturated heterocycles. The van der Waals surface area contributed by atoms with Gasteiger partial charge in [-0.3, -0.25) is 23.9 Å². The normalized spacial score (nSPS) is 13.8. The van der Waals surface area contributed by atoms with E-state index in [1.807, 2.05) is 0 Å². The number of sulfonamides is 1. The Balaban J connectivity index is 1.68. The van der Waals surface area contributed by atoms with E-state index in [0.717, 1.165) is 12.8 Å². The highest BCUT2D eigenvalue weighted by atomic mass is 32.2. The summed E-state index contributed by atoms with van der Waals surface area (Å²) in [6, 6.07) is 7.84. The first kappa shape index (κ1) is 22.7. The van der Waals surface area contributed by atoms with Gasteiger partial charge in [-0.05, 0) is 56.5 Å². The van der Waals surface area contributed by atoms with E-state index in [-0.39, 0.29) is 28.3 Å². The number of carbonyl (C=O) groups is 1. The summed E-state index contributed by atoms with van der Waals surface area (Å²) in [6.45, 7) is 3.84. The molecule has 11 heteroatoms. The zero-order chi connectivity index (χ0) is 23.8. The van der Waals surface area contributed by atoms with Gasteiger partial charge in [-0.15, -0.1) is 0 Å². The molecule has 1 aliphatic rings. The monoisotopic (exact) mass is 471 g/mol. The van der Waals surface area contributed by atoms with Crippen LogP contribution in [0.1, 0.15) is 55.1 Å². The molecule has 2 heterocycles. The molecule has 1 fully saturated rings. The van der Waals surface area contributed by atoms with Crippen LogP contribution in [-0.4, -0.2) is 34.6 Å². The van der Waals surface area contributed by atoms with Gasteiger partial charge in [0.15, 0.2) is 5.65 Å². The summed E-state index contributed by atoms with van der Waals surface area (Å²) in [6.07, 6.45) is 2.38. The number of rotatable bonds is 8. The van der Waals surface area contributed by atoms with Crippen molar-refractivity contribution >= 4 is 38.3 Å². The number of fused-ring (bicyclic) bond motifs is 1. The number of aryl methyl sites for hydroxylation is 1. The number of hydrogen-bond acceptors (Lipinski definition) is 6. The van der Waals surface area contributed by atoms with Gasteiger partial charge in [0.05, 0.1) is 16.7 Å². The predicted molar refractivity (Wildman–Crippen MR) is 126 cm³/mol. The maximum absolute atomic E-state index is 13.2. The van der Waals surface area contributed by atoms with Crippen LogP contribution in [0.3, 0.4) is 0 Å². The first-order valence-corrected chi connectivity index (χ1v) is 12.5. The Hall–Kier alpha value is -3.47. The molecule has 4 rings (SSSR count). The van der Waals surface area contributed by atoms with Crippen molar-refractivity contribution in [3.63, 3.8) is 0 Å². The molecule has 3 aromatic rings. The molecule has 0 radical (unpaired) electrons. The second kappa shape index (κ2) is 8.81. The number of nitrogens with one attached hydrogen (secondary N) is 3. The van der Waals surface area contributed by atoms with Crippen molar-refractivity contribution in [3.05, 3.63) is 62.4 Å². The van der Waals surface area contributed by atoms with Crippen molar-refractivity contribution in [1.29, 1.82) is 0 Å². The first-order chi connectivity index (χ1) is 15.7. The van der Waals surface area contributed by atoms with Crippen LogP contribution in [0.15, 0.2) is 39.9 Å². The quantitative estimate of drug-likeness (QED) is 0.460. The van der Waals surface area contributed by atoms with Crippen molar-refractivity contribution in [2.24, 2.45) is 0 Å². The van der Waals surface area contributed by atoms with Gasteiger partial charge >= 0.3 is 5.69 Å². The fourth-order valence-electron chi connectivity index (χ4n) is 3.67. The van der Waals surface area contributed by atoms with Crippen molar-refractivity contribution in [2.75, 3.05) is 15.8 Å². The maximum atomic E-state index is 13.2. The molecule has 1 amide bonds. The van der Waals surface area contributed by atoms with E-state index in [4.69, 9.17) is 0 Å². The maximum Gasteiger partial charge on any atom is 0.329 e. The summed E-state index contributed by atoms with van der Waals surface area (Å²) in [4.78, 5) is 44.8. The smallest absolute Gasteiger partial charge is 0.322 e. The predicted octanol–water partition coefficient (Wildman–Crippen LogP) is 2.39. The molecule has 1 aromatic carbocycles. The summed E-state index contributed by atoms with van der Waals surface area (Å²) in [7, 11) is -3.42. The molecule has 0 unspecified atom stereocenters. The summed E-state index contributed by atoms with van der Waals surface area (Å²) < 4.78 is 27.7. The van der Waals surface area contributed by atoms with Crippen molar-refractivity contribution < 1.29 is 13.2 Å². The topological polar surface area (TPSA) is 143 Å². The minimum absolute atomic E-state index is 0.0152. The van der Waals surface area contributed by atoms with E-state index in [1.54, 1.807) is 44.2 Å². The first-order valence-electron chi connectivity index (χ1n) is 10.8. The highest BCUT2D eigenvalue weighted by molar-refractivity contribution is 7.92. The number of benzene rings is 1. The van der Waals surface area contributed by atoms with Crippen LogP contribution in [0.2, 0.25) is 0 Å². The average Bonchev–Trinajstić information content (AvgIpc) is 3.59. The number of aromatic nitrogens is 3. The Morgan fingerprint density at radius 3 is 2.42 bits per heavy atom. The number of anilines is 2. The standard InChI is InChI=1S/C22H25N5O5S/c1-3-11-33(31,32)26-15-9-7-14(8-10-15)23-20(28)16-12-17(13-5-6-13)24-19-18(16)21(29)25-22(30)27(19)4-2/h7-10,12-13,26H,3-6,11H2,1-2H3,(H,23,28)(H,25,29,30). The highest BCUT2D eigenvalue weighted by Gasteiger charge is 2.28. The minimum atomic E-state index is -3.42. The van der Waals surface area contributed by atoms with E-state index < -0.39 is 27.2 Å². The molecule has 1 saturated carbocycles.